The summed E-state index contributed by atoms with van der Waals surface area (Å²) < 4.78 is 0. The molecule has 1 aliphatic carbocycles. The molecule has 130 valence electrons. The van der Waals surface area contributed by atoms with Crippen molar-refractivity contribution >= 4 is 23.2 Å². The van der Waals surface area contributed by atoms with E-state index >= 15 is 0 Å². The average molecular weight is 347 g/mol. The van der Waals surface area contributed by atoms with Gasteiger partial charge < -0.3 is 10.2 Å². The molecule has 3 aliphatic rings. The van der Waals surface area contributed by atoms with Crippen molar-refractivity contribution in [2.45, 2.75) is 57.3 Å². The predicted octanol–water partition coefficient (Wildman–Crippen LogP) is 2.25. The molecule has 0 radical (unpaired) electrons. The molecule has 2 amide bonds. The summed E-state index contributed by atoms with van der Waals surface area (Å²) in [7, 11) is 0. The van der Waals surface area contributed by atoms with Gasteiger partial charge in [-0.3, -0.25) is 9.59 Å². The second-order valence-electron chi connectivity index (χ2n) is 7.34. The fourth-order valence-electron chi connectivity index (χ4n) is 4.09. The minimum atomic E-state index is 0.120. The van der Waals surface area contributed by atoms with E-state index in [-0.39, 0.29) is 11.8 Å². The number of thiazole rings is 1. The second kappa shape index (κ2) is 6.82. The molecule has 0 spiro atoms. The molecule has 0 aromatic carbocycles. The van der Waals surface area contributed by atoms with Crippen molar-refractivity contribution in [2.24, 2.45) is 5.92 Å². The molecule has 6 heteroatoms. The Morgan fingerprint density at radius 3 is 2.75 bits per heavy atom. The van der Waals surface area contributed by atoms with Crippen LogP contribution in [0.5, 0.6) is 0 Å². The van der Waals surface area contributed by atoms with Crippen LogP contribution in [-0.4, -0.2) is 41.3 Å². The molecule has 2 saturated heterocycles. The molecular formula is C18H25N3O2S. The normalized spacial score (nSPS) is 24.8. The lowest BCUT2D eigenvalue weighted by atomic mass is 9.93. The SMILES string of the molecule is O=C1CCC(CC(=O)N2CCC(c3nc4c(s3)CCC4)CC2)CN1. The molecular weight excluding hydrogens is 322 g/mol. The number of amides is 2. The summed E-state index contributed by atoms with van der Waals surface area (Å²) in [5, 5.41) is 4.18. The lowest BCUT2D eigenvalue weighted by molar-refractivity contribution is -0.134. The molecule has 1 atom stereocenters. The first-order valence-electron chi connectivity index (χ1n) is 9.22. The van der Waals surface area contributed by atoms with Crippen LogP contribution in [0.3, 0.4) is 0 Å². The van der Waals surface area contributed by atoms with Gasteiger partial charge in [-0.25, -0.2) is 4.98 Å². The fraction of sp³-hybridized carbons (Fsp3) is 0.722. The Morgan fingerprint density at radius 2 is 2.04 bits per heavy atom. The number of nitrogens with zero attached hydrogens (tertiary/aromatic N) is 2. The number of aromatic nitrogens is 1. The summed E-state index contributed by atoms with van der Waals surface area (Å²) in [6, 6.07) is 0. The minimum Gasteiger partial charge on any atom is -0.356 e. The molecule has 2 fully saturated rings. The van der Waals surface area contributed by atoms with Crippen molar-refractivity contribution in [3.63, 3.8) is 0 Å². The Morgan fingerprint density at radius 1 is 1.21 bits per heavy atom. The molecule has 4 rings (SSSR count). The van der Waals surface area contributed by atoms with Gasteiger partial charge in [0.05, 0.1) is 10.7 Å². The van der Waals surface area contributed by atoms with Crippen molar-refractivity contribution < 1.29 is 9.59 Å². The quantitative estimate of drug-likeness (QED) is 0.912. The predicted molar refractivity (Wildman–Crippen MR) is 93.0 cm³/mol. The summed E-state index contributed by atoms with van der Waals surface area (Å²) in [6.45, 7) is 2.37. The first-order valence-corrected chi connectivity index (χ1v) is 10.0. The van der Waals surface area contributed by atoms with Crippen LogP contribution in [0, 0.1) is 5.92 Å². The van der Waals surface area contributed by atoms with Crippen LogP contribution in [0.15, 0.2) is 0 Å². The summed E-state index contributed by atoms with van der Waals surface area (Å²) in [5.41, 5.74) is 1.34. The number of carbonyl (C=O) groups excluding carboxylic acids is 2. The van der Waals surface area contributed by atoms with Crippen LogP contribution in [0.4, 0.5) is 0 Å². The molecule has 1 aromatic heterocycles. The number of hydrogen-bond donors (Lipinski definition) is 1. The van der Waals surface area contributed by atoms with E-state index in [1.54, 1.807) is 0 Å². The van der Waals surface area contributed by atoms with Gasteiger partial charge in [0.1, 0.15) is 0 Å². The highest BCUT2D eigenvalue weighted by atomic mass is 32.1. The van der Waals surface area contributed by atoms with Crippen LogP contribution < -0.4 is 5.32 Å². The zero-order valence-electron chi connectivity index (χ0n) is 14.1. The fourth-order valence-corrected chi connectivity index (χ4v) is 5.42. The third-order valence-electron chi connectivity index (χ3n) is 5.64. The van der Waals surface area contributed by atoms with E-state index in [0.717, 1.165) is 38.8 Å². The first-order chi connectivity index (χ1) is 11.7. The Balaban J connectivity index is 1.27. The second-order valence-corrected chi connectivity index (χ2v) is 8.46. The molecule has 2 aliphatic heterocycles. The van der Waals surface area contributed by atoms with E-state index in [0.29, 0.717) is 31.2 Å². The Labute approximate surface area is 146 Å². The van der Waals surface area contributed by atoms with Gasteiger partial charge in [0.15, 0.2) is 0 Å². The molecule has 0 bridgehead atoms. The highest BCUT2D eigenvalue weighted by molar-refractivity contribution is 7.11. The molecule has 5 nitrogen and oxygen atoms in total. The molecule has 1 unspecified atom stereocenters. The van der Waals surface area contributed by atoms with E-state index < -0.39 is 0 Å². The zero-order valence-corrected chi connectivity index (χ0v) is 14.9. The zero-order chi connectivity index (χ0) is 16.5. The van der Waals surface area contributed by atoms with Crippen LogP contribution in [-0.2, 0) is 22.4 Å². The maximum absolute atomic E-state index is 12.5. The Bertz CT molecular complexity index is 603. The number of hydrogen-bond acceptors (Lipinski definition) is 4. The van der Waals surface area contributed by atoms with E-state index in [2.05, 4.69) is 5.32 Å². The van der Waals surface area contributed by atoms with Crippen LogP contribution >= 0.6 is 11.3 Å². The summed E-state index contributed by atoms with van der Waals surface area (Å²) in [6.07, 6.45) is 7.70. The standard InChI is InChI=1S/C18H25N3O2S/c22-16-5-4-12(11-19-16)10-17(23)21-8-6-13(7-9-21)18-20-14-2-1-3-15(14)24-18/h12-13H,1-11H2,(H,19,22). The maximum atomic E-state index is 12.5. The van der Waals surface area contributed by atoms with E-state index in [1.807, 2.05) is 16.2 Å². The van der Waals surface area contributed by atoms with Crippen molar-refractivity contribution in [1.29, 1.82) is 0 Å². The molecule has 1 N–H and O–H groups in total. The van der Waals surface area contributed by atoms with Crippen molar-refractivity contribution in [3.8, 4) is 0 Å². The van der Waals surface area contributed by atoms with Crippen LogP contribution in [0.1, 0.15) is 60.0 Å². The lowest BCUT2D eigenvalue weighted by Gasteiger charge is -2.32. The highest BCUT2D eigenvalue weighted by Crippen LogP contribution is 2.36. The Hall–Kier alpha value is -1.43. The number of carbonyl (C=O) groups is 2. The smallest absolute Gasteiger partial charge is 0.222 e. The van der Waals surface area contributed by atoms with Gasteiger partial charge in [-0.1, -0.05) is 0 Å². The van der Waals surface area contributed by atoms with Gasteiger partial charge in [0.25, 0.3) is 0 Å². The molecule has 0 saturated carbocycles. The molecule has 24 heavy (non-hydrogen) atoms. The van der Waals surface area contributed by atoms with Gasteiger partial charge in [0, 0.05) is 43.3 Å². The largest absolute Gasteiger partial charge is 0.356 e. The van der Waals surface area contributed by atoms with Crippen LogP contribution in [0.25, 0.3) is 0 Å². The monoisotopic (exact) mass is 347 g/mol. The Kier molecular flexibility index (Phi) is 4.57. The molecule has 1 aromatic rings. The van der Waals surface area contributed by atoms with E-state index in [9.17, 15) is 9.59 Å². The van der Waals surface area contributed by atoms with Gasteiger partial charge in [0.2, 0.25) is 11.8 Å². The number of piperidine rings is 2. The summed E-state index contributed by atoms with van der Waals surface area (Å²) in [4.78, 5) is 32.1. The maximum Gasteiger partial charge on any atom is 0.222 e. The van der Waals surface area contributed by atoms with Gasteiger partial charge in [-0.15, -0.1) is 11.3 Å². The topological polar surface area (TPSA) is 62.3 Å². The number of nitrogens with one attached hydrogen (secondary N) is 1. The van der Waals surface area contributed by atoms with E-state index in [1.165, 1.54) is 28.4 Å². The third-order valence-corrected chi connectivity index (χ3v) is 6.96. The third kappa shape index (κ3) is 3.34. The minimum absolute atomic E-state index is 0.120. The van der Waals surface area contributed by atoms with Crippen molar-refractivity contribution in [2.75, 3.05) is 19.6 Å². The van der Waals surface area contributed by atoms with Crippen LogP contribution in [0.2, 0.25) is 0 Å². The average Bonchev–Trinajstić information content (AvgIpc) is 3.19. The van der Waals surface area contributed by atoms with E-state index in [4.69, 9.17) is 4.98 Å². The van der Waals surface area contributed by atoms with Crippen molar-refractivity contribution in [3.05, 3.63) is 15.6 Å². The first kappa shape index (κ1) is 16.1. The number of rotatable bonds is 3. The number of aryl methyl sites for hydroxylation is 2. The highest BCUT2D eigenvalue weighted by Gasteiger charge is 2.29. The van der Waals surface area contributed by atoms with Crippen molar-refractivity contribution in [1.82, 2.24) is 15.2 Å². The van der Waals surface area contributed by atoms with Gasteiger partial charge >= 0.3 is 0 Å². The number of fused-ring (bicyclic) bond motifs is 1. The van der Waals surface area contributed by atoms with Gasteiger partial charge in [-0.2, -0.15) is 0 Å². The number of likely N-dealkylation sites (tertiary alicyclic amines) is 1. The summed E-state index contributed by atoms with van der Waals surface area (Å²) >= 11 is 1.91. The van der Waals surface area contributed by atoms with Gasteiger partial charge in [-0.05, 0) is 44.4 Å². The summed E-state index contributed by atoms with van der Waals surface area (Å²) in [5.74, 6) is 1.24. The lowest BCUT2D eigenvalue weighted by Crippen LogP contribution is -2.41. The molecule has 3 heterocycles.